The van der Waals surface area contributed by atoms with Gasteiger partial charge in [0.25, 0.3) is 5.91 Å². The average Bonchev–Trinajstić information content (AvgIpc) is 2.75. The zero-order valence-electron chi connectivity index (χ0n) is 16.7. The fourth-order valence-electron chi connectivity index (χ4n) is 4.29. The molecule has 1 N–H and O–H groups in total. The number of amides is 2. The molecule has 2 aromatic rings. The molecule has 0 saturated carbocycles. The highest BCUT2D eigenvalue weighted by Gasteiger charge is 2.41. The van der Waals surface area contributed by atoms with Crippen molar-refractivity contribution >= 4 is 11.8 Å². The third-order valence-electron chi connectivity index (χ3n) is 5.95. The minimum Gasteiger partial charge on any atom is -0.375 e. The normalized spacial score (nSPS) is 20.7. The molecular formula is C22H25FN4O3. The minimum atomic E-state index is -0.330. The molecule has 1 aromatic carbocycles. The quantitative estimate of drug-likeness (QED) is 0.832. The molecule has 158 valence electrons. The van der Waals surface area contributed by atoms with Gasteiger partial charge in [0, 0.05) is 25.7 Å². The van der Waals surface area contributed by atoms with Gasteiger partial charge in [-0.1, -0.05) is 12.1 Å². The monoisotopic (exact) mass is 412 g/mol. The minimum absolute atomic E-state index is 0.00120. The summed E-state index contributed by atoms with van der Waals surface area (Å²) in [6.07, 6.45) is 6.09. The molecule has 2 aliphatic rings. The van der Waals surface area contributed by atoms with Crippen LogP contribution >= 0.6 is 0 Å². The number of hydrogen-bond acceptors (Lipinski definition) is 5. The number of benzene rings is 1. The Hall–Kier alpha value is -2.87. The van der Waals surface area contributed by atoms with Gasteiger partial charge in [-0.25, -0.2) is 4.39 Å². The number of halogens is 1. The summed E-state index contributed by atoms with van der Waals surface area (Å²) in [5.74, 6) is -0.486. The lowest BCUT2D eigenvalue weighted by Gasteiger charge is -2.46. The van der Waals surface area contributed by atoms with Crippen molar-refractivity contribution in [3.8, 4) is 0 Å². The number of carbonyl (C=O) groups is 2. The van der Waals surface area contributed by atoms with Gasteiger partial charge >= 0.3 is 0 Å². The van der Waals surface area contributed by atoms with Crippen LogP contribution in [-0.4, -0.2) is 58.3 Å². The molecule has 0 bridgehead atoms. The largest absolute Gasteiger partial charge is 0.375 e. The van der Waals surface area contributed by atoms with E-state index in [-0.39, 0.29) is 35.7 Å². The number of rotatable bonds is 4. The van der Waals surface area contributed by atoms with Crippen LogP contribution in [0.4, 0.5) is 4.39 Å². The molecular weight excluding hydrogens is 387 g/mol. The molecule has 2 fully saturated rings. The van der Waals surface area contributed by atoms with Crippen molar-refractivity contribution in [1.82, 2.24) is 20.4 Å². The maximum absolute atomic E-state index is 13.4. The van der Waals surface area contributed by atoms with Crippen LogP contribution in [0.3, 0.4) is 0 Å². The summed E-state index contributed by atoms with van der Waals surface area (Å²) in [6.45, 7) is 1.78. The van der Waals surface area contributed by atoms with Crippen molar-refractivity contribution in [2.24, 2.45) is 0 Å². The van der Waals surface area contributed by atoms with Gasteiger partial charge in [0.15, 0.2) is 0 Å². The molecule has 2 aliphatic heterocycles. The zero-order valence-corrected chi connectivity index (χ0v) is 16.7. The van der Waals surface area contributed by atoms with E-state index in [0.717, 1.165) is 25.7 Å². The molecule has 8 heteroatoms. The topological polar surface area (TPSA) is 84.4 Å². The number of ether oxygens (including phenoxy) is 1. The molecule has 7 nitrogen and oxygen atoms in total. The number of aromatic nitrogens is 2. The smallest absolute Gasteiger partial charge is 0.253 e. The Bertz CT molecular complexity index is 900. The number of hydrogen-bond donors (Lipinski definition) is 1. The summed E-state index contributed by atoms with van der Waals surface area (Å²) in [6, 6.07) is 7.82. The summed E-state index contributed by atoms with van der Waals surface area (Å²) in [4.78, 5) is 26.9. The third-order valence-corrected chi connectivity index (χ3v) is 5.95. The van der Waals surface area contributed by atoms with E-state index in [0.29, 0.717) is 30.8 Å². The van der Waals surface area contributed by atoms with Crippen LogP contribution in [0.2, 0.25) is 0 Å². The van der Waals surface area contributed by atoms with E-state index < -0.39 is 0 Å². The van der Waals surface area contributed by atoms with Crippen LogP contribution < -0.4 is 5.32 Å². The second kappa shape index (κ2) is 8.87. The van der Waals surface area contributed by atoms with Crippen molar-refractivity contribution in [2.75, 3.05) is 19.7 Å². The van der Waals surface area contributed by atoms with E-state index in [2.05, 4.69) is 15.5 Å². The van der Waals surface area contributed by atoms with Gasteiger partial charge in [-0.3, -0.25) is 9.59 Å². The highest BCUT2D eigenvalue weighted by Crippen LogP contribution is 2.35. The highest BCUT2D eigenvalue weighted by molar-refractivity contribution is 5.93. The van der Waals surface area contributed by atoms with Gasteiger partial charge < -0.3 is 15.0 Å². The number of nitrogens with one attached hydrogen (secondary N) is 1. The molecule has 2 saturated heterocycles. The van der Waals surface area contributed by atoms with Crippen LogP contribution in [0, 0.1) is 5.82 Å². The van der Waals surface area contributed by atoms with Gasteiger partial charge in [-0.15, -0.1) is 0 Å². The van der Waals surface area contributed by atoms with E-state index in [1.54, 1.807) is 18.2 Å². The second-order valence-electron chi connectivity index (χ2n) is 8.01. The maximum atomic E-state index is 13.4. The molecule has 1 unspecified atom stereocenters. The number of piperidine rings is 1. The number of nitrogens with zero attached hydrogens (tertiary/aromatic N) is 3. The SMILES string of the molecule is O=C(NC1CCOC2(CCN(C(=O)Cc3cccc(F)c3)CC2)C1)c1ccnnc1. The predicted octanol–water partition coefficient (Wildman–Crippen LogP) is 2.13. The van der Waals surface area contributed by atoms with Crippen molar-refractivity contribution in [1.29, 1.82) is 0 Å². The van der Waals surface area contributed by atoms with Gasteiger partial charge in [0.1, 0.15) is 5.82 Å². The zero-order chi connectivity index (χ0) is 21.0. The summed E-state index contributed by atoms with van der Waals surface area (Å²) in [5, 5.41) is 10.5. The number of likely N-dealkylation sites (tertiary alicyclic amines) is 1. The lowest BCUT2D eigenvalue weighted by atomic mass is 9.82. The molecule has 30 heavy (non-hydrogen) atoms. The average molecular weight is 412 g/mol. The van der Waals surface area contributed by atoms with E-state index in [1.807, 2.05) is 4.90 Å². The fourth-order valence-corrected chi connectivity index (χ4v) is 4.29. The van der Waals surface area contributed by atoms with Crippen LogP contribution in [0.5, 0.6) is 0 Å². The first-order chi connectivity index (χ1) is 14.5. The fraction of sp³-hybridized carbons (Fsp3) is 0.455. The first kappa shape index (κ1) is 20.4. The van der Waals surface area contributed by atoms with Crippen LogP contribution in [0.15, 0.2) is 42.7 Å². The summed E-state index contributed by atoms with van der Waals surface area (Å²) in [5.41, 5.74) is 0.855. The molecule has 4 rings (SSSR count). The molecule has 2 amide bonds. The molecule has 1 atom stereocenters. The van der Waals surface area contributed by atoms with E-state index in [4.69, 9.17) is 4.74 Å². The molecule has 0 radical (unpaired) electrons. The van der Waals surface area contributed by atoms with Gasteiger partial charge in [-0.2, -0.15) is 10.2 Å². The standard InChI is InChI=1S/C22H25FN4O3/c23-18-3-1-2-16(12-18)13-20(28)27-9-6-22(7-10-27)14-19(5-11-30-22)26-21(29)17-4-8-24-25-15-17/h1-4,8,12,15,19H,5-7,9-11,13-14H2,(H,26,29). The Kier molecular flexibility index (Phi) is 6.03. The van der Waals surface area contributed by atoms with E-state index >= 15 is 0 Å². The van der Waals surface area contributed by atoms with E-state index in [1.165, 1.54) is 24.5 Å². The Morgan fingerprint density at radius 2 is 2.07 bits per heavy atom. The third kappa shape index (κ3) is 4.81. The van der Waals surface area contributed by atoms with Crippen molar-refractivity contribution in [3.63, 3.8) is 0 Å². The Labute approximate surface area is 174 Å². The van der Waals surface area contributed by atoms with Gasteiger partial charge in [0.05, 0.1) is 30.0 Å². The lowest BCUT2D eigenvalue weighted by Crippen LogP contribution is -2.54. The van der Waals surface area contributed by atoms with Gasteiger partial charge in [-0.05, 0) is 49.4 Å². The number of carbonyl (C=O) groups excluding carboxylic acids is 2. The second-order valence-corrected chi connectivity index (χ2v) is 8.01. The van der Waals surface area contributed by atoms with Crippen molar-refractivity contribution in [2.45, 2.75) is 43.7 Å². The Morgan fingerprint density at radius 1 is 1.23 bits per heavy atom. The molecule has 0 aliphatic carbocycles. The van der Waals surface area contributed by atoms with E-state index in [9.17, 15) is 14.0 Å². The highest BCUT2D eigenvalue weighted by atomic mass is 19.1. The van der Waals surface area contributed by atoms with Crippen molar-refractivity contribution in [3.05, 3.63) is 59.7 Å². The predicted molar refractivity (Wildman–Crippen MR) is 107 cm³/mol. The summed E-state index contributed by atoms with van der Waals surface area (Å²) in [7, 11) is 0. The first-order valence-corrected chi connectivity index (χ1v) is 10.3. The molecule has 3 heterocycles. The molecule has 1 spiro atoms. The maximum Gasteiger partial charge on any atom is 0.253 e. The lowest BCUT2D eigenvalue weighted by molar-refractivity contribution is -0.143. The summed E-state index contributed by atoms with van der Waals surface area (Å²) >= 11 is 0. The van der Waals surface area contributed by atoms with Crippen LogP contribution in [0.1, 0.15) is 41.6 Å². The Balaban J connectivity index is 1.31. The first-order valence-electron chi connectivity index (χ1n) is 10.3. The van der Waals surface area contributed by atoms with Crippen molar-refractivity contribution < 1.29 is 18.7 Å². The summed E-state index contributed by atoms with van der Waals surface area (Å²) < 4.78 is 19.5. The Morgan fingerprint density at radius 3 is 2.80 bits per heavy atom. The van der Waals surface area contributed by atoms with Crippen LogP contribution in [-0.2, 0) is 16.0 Å². The van der Waals surface area contributed by atoms with Crippen LogP contribution in [0.25, 0.3) is 0 Å². The molecule has 1 aromatic heterocycles. The van der Waals surface area contributed by atoms with Gasteiger partial charge in [0.2, 0.25) is 5.91 Å².